The van der Waals surface area contributed by atoms with Gasteiger partial charge in [0.1, 0.15) is 10.0 Å². The maximum atomic E-state index is 13.1. The molecule has 2 N–H and O–H groups in total. The standard InChI is InChI=1S/C17H23ClN2O3.C9H19N.C8H6ClNO4/c1-11(2)19(13-7-5-4-6-8-13)17(21)14-10-16(20(22)23)15(18)9-12(14)3;1-8(2)10-9-6-4-3-5-7-9;1-4-2-6(9)7(10(13)14)3-5(4)8(11)12/h9-11,13H,4-8H2,1-3H3;8-10H,3-7H2,1-2H3;2-3H,1H3,(H,11,12). The van der Waals surface area contributed by atoms with Gasteiger partial charge in [-0.3, -0.25) is 25.0 Å². The molecule has 2 aromatic carbocycles. The zero-order valence-electron chi connectivity index (χ0n) is 28.2. The van der Waals surface area contributed by atoms with Crippen LogP contribution in [0.15, 0.2) is 24.3 Å². The van der Waals surface area contributed by atoms with Crippen molar-refractivity contribution in [2.75, 3.05) is 0 Å². The van der Waals surface area contributed by atoms with Crippen LogP contribution in [0.3, 0.4) is 0 Å². The highest BCUT2D eigenvalue weighted by molar-refractivity contribution is 6.33. The van der Waals surface area contributed by atoms with E-state index in [1.807, 2.05) is 18.7 Å². The average molecular weight is 696 g/mol. The molecule has 0 unspecified atom stereocenters. The van der Waals surface area contributed by atoms with Gasteiger partial charge in [0, 0.05) is 41.9 Å². The molecule has 0 radical (unpaired) electrons. The van der Waals surface area contributed by atoms with Crippen LogP contribution >= 0.6 is 23.2 Å². The lowest BCUT2D eigenvalue weighted by molar-refractivity contribution is -0.384. The van der Waals surface area contributed by atoms with Gasteiger partial charge in [-0.15, -0.1) is 0 Å². The highest BCUT2D eigenvalue weighted by Gasteiger charge is 2.30. The molecule has 2 fully saturated rings. The van der Waals surface area contributed by atoms with E-state index in [2.05, 4.69) is 19.2 Å². The van der Waals surface area contributed by atoms with Crippen LogP contribution in [-0.4, -0.2) is 55.9 Å². The highest BCUT2D eigenvalue weighted by Crippen LogP contribution is 2.31. The van der Waals surface area contributed by atoms with Crippen LogP contribution in [0.25, 0.3) is 0 Å². The number of halogens is 2. The number of carboxylic acids is 1. The Balaban J connectivity index is 0.000000271. The summed E-state index contributed by atoms with van der Waals surface area (Å²) in [5.74, 6) is -1.34. The lowest BCUT2D eigenvalue weighted by Gasteiger charge is -2.37. The first kappa shape index (κ1) is 39.9. The minimum absolute atomic E-state index is 0.0553. The number of amides is 1. The fourth-order valence-electron chi connectivity index (χ4n) is 6.12. The van der Waals surface area contributed by atoms with E-state index in [-0.39, 0.29) is 39.3 Å². The number of nitro groups is 2. The van der Waals surface area contributed by atoms with E-state index >= 15 is 0 Å². The number of carbonyl (C=O) groups excluding carboxylic acids is 1. The topological polar surface area (TPSA) is 156 Å². The van der Waals surface area contributed by atoms with Crippen LogP contribution < -0.4 is 5.32 Å². The molecule has 0 aliphatic heterocycles. The molecule has 260 valence electrons. The summed E-state index contributed by atoms with van der Waals surface area (Å²) in [6.45, 7) is 11.7. The number of rotatable bonds is 8. The first-order valence-electron chi connectivity index (χ1n) is 16.3. The van der Waals surface area contributed by atoms with Gasteiger partial charge in [-0.1, -0.05) is 75.6 Å². The number of carboxylic acid groups (broad SMARTS) is 1. The minimum atomic E-state index is -1.21. The summed E-state index contributed by atoms with van der Waals surface area (Å²) in [7, 11) is 0. The molecule has 2 saturated carbocycles. The van der Waals surface area contributed by atoms with Crippen molar-refractivity contribution in [1.82, 2.24) is 10.2 Å². The van der Waals surface area contributed by atoms with Gasteiger partial charge in [0.2, 0.25) is 0 Å². The van der Waals surface area contributed by atoms with E-state index in [4.69, 9.17) is 28.3 Å². The number of nitro benzene ring substituents is 2. The second kappa shape index (κ2) is 18.9. The van der Waals surface area contributed by atoms with Crippen molar-refractivity contribution in [2.24, 2.45) is 0 Å². The smallest absolute Gasteiger partial charge is 0.336 e. The largest absolute Gasteiger partial charge is 0.478 e. The third kappa shape index (κ3) is 12.0. The second-order valence-corrected chi connectivity index (χ2v) is 13.6. The Morgan fingerprint density at radius 1 is 0.787 bits per heavy atom. The monoisotopic (exact) mass is 694 g/mol. The maximum absolute atomic E-state index is 13.1. The summed E-state index contributed by atoms with van der Waals surface area (Å²) < 4.78 is 0. The molecule has 0 bridgehead atoms. The van der Waals surface area contributed by atoms with Crippen LogP contribution in [0.4, 0.5) is 11.4 Å². The van der Waals surface area contributed by atoms with Gasteiger partial charge in [-0.2, -0.15) is 0 Å². The fourth-order valence-corrected chi connectivity index (χ4v) is 6.70. The van der Waals surface area contributed by atoms with Crippen molar-refractivity contribution in [1.29, 1.82) is 0 Å². The molecule has 0 aromatic heterocycles. The van der Waals surface area contributed by atoms with Gasteiger partial charge in [-0.25, -0.2) is 4.79 Å². The molecule has 0 heterocycles. The molecule has 1 amide bonds. The minimum Gasteiger partial charge on any atom is -0.478 e. The molecule has 0 spiro atoms. The van der Waals surface area contributed by atoms with Gasteiger partial charge in [0.15, 0.2) is 0 Å². The Bertz CT molecular complexity index is 1370. The zero-order valence-corrected chi connectivity index (χ0v) is 29.7. The molecule has 47 heavy (non-hydrogen) atoms. The Morgan fingerprint density at radius 3 is 1.62 bits per heavy atom. The van der Waals surface area contributed by atoms with Crippen molar-refractivity contribution >= 4 is 46.5 Å². The first-order chi connectivity index (χ1) is 22.0. The van der Waals surface area contributed by atoms with Crippen molar-refractivity contribution in [3.05, 3.63) is 76.8 Å². The third-order valence-corrected chi connectivity index (χ3v) is 8.98. The lowest BCUT2D eigenvalue weighted by atomic mass is 9.92. The quantitative estimate of drug-likeness (QED) is 0.204. The lowest BCUT2D eigenvalue weighted by Crippen LogP contribution is -2.46. The van der Waals surface area contributed by atoms with Crippen molar-refractivity contribution in [3.8, 4) is 0 Å². The van der Waals surface area contributed by atoms with Gasteiger partial charge in [0.25, 0.3) is 17.3 Å². The number of aryl methyl sites for hydroxylation is 2. The number of hydrogen-bond donors (Lipinski definition) is 2. The normalized spacial score (nSPS) is 15.3. The predicted octanol–water partition coefficient (Wildman–Crippen LogP) is 9.31. The number of aromatic carboxylic acids is 1. The van der Waals surface area contributed by atoms with E-state index in [0.29, 0.717) is 22.7 Å². The summed E-state index contributed by atoms with van der Waals surface area (Å²) in [5, 5.41) is 33.8. The Kier molecular flexibility index (Phi) is 16.0. The van der Waals surface area contributed by atoms with Gasteiger partial charge in [-0.05, 0) is 76.6 Å². The average Bonchev–Trinajstić information content (AvgIpc) is 2.98. The third-order valence-electron chi connectivity index (χ3n) is 8.37. The molecule has 2 aliphatic carbocycles. The van der Waals surface area contributed by atoms with Crippen molar-refractivity contribution in [2.45, 2.75) is 130 Å². The molecular weight excluding hydrogens is 647 g/mol. The first-order valence-corrected chi connectivity index (χ1v) is 17.0. The zero-order chi connectivity index (χ0) is 35.4. The predicted molar refractivity (Wildman–Crippen MR) is 186 cm³/mol. The number of benzene rings is 2. The summed E-state index contributed by atoms with van der Waals surface area (Å²) in [6.07, 6.45) is 12.6. The Morgan fingerprint density at radius 2 is 1.21 bits per heavy atom. The SMILES string of the molecule is CC(C)NC1CCCCC1.Cc1cc(Cl)c([N+](=O)[O-])cc1C(=O)N(C(C)C)C1CCCCC1.Cc1cc(Cl)c([N+](=O)[O-])cc1C(=O)O. The molecule has 11 nitrogen and oxygen atoms in total. The summed E-state index contributed by atoms with van der Waals surface area (Å²) in [6, 6.07) is 6.81. The summed E-state index contributed by atoms with van der Waals surface area (Å²) >= 11 is 11.5. The molecular formula is C34H48Cl2N4O7. The fraction of sp³-hybridized carbons (Fsp3) is 0.588. The van der Waals surface area contributed by atoms with Crippen LogP contribution in [0.5, 0.6) is 0 Å². The van der Waals surface area contributed by atoms with Crippen molar-refractivity contribution < 1.29 is 24.5 Å². The highest BCUT2D eigenvalue weighted by atomic mass is 35.5. The molecule has 2 aromatic rings. The molecule has 4 rings (SSSR count). The number of carbonyl (C=O) groups is 2. The molecule has 0 atom stereocenters. The van der Waals surface area contributed by atoms with Crippen LogP contribution in [0, 0.1) is 34.1 Å². The van der Waals surface area contributed by atoms with E-state index in [1.54, 1.807) is 6.92 Å². The van der Waals surface area contributed by atoms with Crippen LogP contribution in [0.1, 0.15) is 124 Å². The molecule has 2 aliphatic rings. The Hall–Kier alpha value is -3.28. The van der Waals surface area contributed by atoms with E-state index in [9.17, 15) is 29.8 Å². The van der Waals surface area contributed by atoms with E-state index in [1.165, 1.54) is 63.6 Å². The van der Waals surface area contributed by atoms with E-state index in [0.717, 1.165) is 37.8 Å². The molecule has 0 saturated heterocycles. The number of nitrogens with zero attached hydrogens (tertiary/aromatic N) is 3. The van der Waals surface area contributed by atoms with Crippen LogP contribution in [-0.2, 0) is 0 Å². The summed E-state index contributed by atoms with van der Waals surface area (Å²) in [5.41, 5.74) is 0.726. The number of hydrogen-bond acceptors (Lipinski definition) is 7. The summed E-state index contributed by atoms with van der Waals surface area (Å²) in [4.78, 5) is 45.9. The van der Waals surface area contributed by atoms with Gasteiger partial charge < -0.3 is 15.3 Å². The number of nitrogens with one attached hydrogen (secondary N) is 1. The van der Waals surface area contributed by atoms with E-state index < -0.39 is 21.5 Å². The van der Waals surface area contributed by atoms with Gasteiger partial charge in [0.05, 0.1) is 15.4 Å². The maximum Gasteiger partial charge on any atom is 0.336 e. The van der Waals surface area contributed by atoms with Crippen LogP contribution in [0.2, 0.25) is 10.0 Å². The van der Waals surface area contributed by atoms with Crippen molar-refractivity contribution in [3.63, 3.8) is 0 Å². The molecule has 13 heteroatoms. The van der Waals surface area contributed by atoms with Gasteiger partial charge >= 0.3 is 5.97 Å². The second-order valence-electron chi connectivity index (χ2n) is 12.8. The Labute approximate surface area is 287 Å².